The summed E-state index contributed by atoms with van der Waals surface area (Å²) < 4.78 is 61.5. The maximum absolute atomic E-state index is 11.9. The van der Waals surface area contributed by atoms with Crippen LogP contribution in [0.25, 0.3) is 0 Å². The van der Waals surface area contributed by atoms with Crippen LogP contribution in [0.4, 0.5) is 13.2 Å². The van der Waals surface area contributed by atoms with Crippen molar-refractivity contribution in [1.82, 2.24) is 10.0 Å². The molecule has 0 aromatic heterocycles. The van der Waals surface area contributed by atoms with E-state index in [2.05, 4.69) is 10.0 Å². The average Bonchev–Trinajstić information content (AvgIpc) is 2.18. The first-order valence-electron chi connectivity index (χ1n) is 5.97. The van der Waals surface area contributed by atoms with Crippen LogP contribution >= 0.6 is 0 Å². The molecule has 0 spiro atoms. The molecule has 1 saturated heterocycles. The molecule has 1 rings (SSSR count). The van der Waals surface area contributed by atoms with Crippen LogP contribution in [0.2, 0.25) is 0 Å². The lowest BCUT2D eigenvalue weighted by atomic mass is 9.96. The quantitative estimate of drug-likeness (QED) is 0.800. The van der Waals surface area contributed by atoms with Gasteiger partial charge in [-0.25, -0.2) is 13.1 Å². The predicted molar refractivity (Wildman–Crippen MR) is 62.7 cm³/mol. The molecule has 1 heterocycles. The van der Waals surface area contributed by atoms with Gasteiger partial charge in [0.2, 0.25) is 10.0 Å². The van der Waals surface area contributed by atoms with Crippen molar-refractivity contribution in [2.45, 2.75) is 38.4 Å². The zero-order valence-electron chi connectivity index (χ0n) is 10.3. The number of nitrogens with one attached hydrogen (secondary N) is 2. The molecule has 108 valence electrons. The minimum absolute atomic E-state index is 0.198. The molecule has 2 atom stereocenters. The molecular formula is C10H19F3N2O2S. The highest BCUT2D eigenvalue weighted by atomic mass is 32.2. The number of alkyl halides is 3. The predicted octanol–water partition coefficient (Wildman–Crippen LogP) is 1.25. The third-order valence-electron chi connectivity index (χ3n) is 3.03. The van der Waals surface area contributed by atoms with Crippen LogP contribution in [0.15, 0.2) is 0 Å². The SMILES string of the molecule is CC1CCNCC1NS(=O)(=O)CCCC(F)(F)F. The van der Waals surface area contributed by atoms with Gasteiger partial charge in [-0.15, -0.1) is 0 Å². The van der Waals surface area contributed by atoms with Crippen molar-refractivity contribution in [3.63, 3.8) is 0 Å². The summed E-state index contributed by atoms with van der Waals surface area (Å²) in [5.41, 5.74) is 0. The topological polar surface area (TPSA) is 58.2 Å². The monoisotopic (exact) mass is 288 g/mol. The van der Waals surface area contributed by atoms with E-state index in [9.17, 15) is 21.6 Å². The third-order valence-corrected chi connectivity index (χ3v) is 4.52. The van der Waals surface area contributed by atoms with E-state index in [1.165, 1.54) is 0 Å². The highest BCUT2D eigenvalue weighted by Gasteiger charge is 2.29. The Morgan fingerprint density at radius 2 is 2.06 bits per heavy atom. The van der Waals surface area contributed by atoms with Crippen LogP contribution in [0, 0.1) is 5.92 Å². The fraction of sp³-hybridized carbons (Fsp3) is 1.00. The molecule has 0 aromatic rings. The Morgan fingerprint density at radius 3 is 2.61 bits per heavy atom. The van der Waals surface area contributed by atoms with Gasteiger partial charge < -0.3 is 5.32 Å². The molecule has 2 unspecified atom stereocenters. The molecule has 0 radical (unpaired) electrons. The van der Waals surface area contributed by atoms with Gasteiger partial charge in [-0.3, -0.25) is 0 Å². The van der Waals surface area contributed by atoms with Gasteiger partial charge in [-0.05, 0) is 25.3 Å². The second-order valence-electron chi connectivity index (χ2n) is 4.73. The van der Waals surface area contributed by atoms with E-state index in [0.29, 0.717) is 6.54 Å². The second kappa shape index (κ2) is 6.21. The van der Waals surface area contributed by atoms with Crippen LogP contribution in [0.3, 0.4) is 0 Å². The van der Waals surface area contributed by atoms with E-state index in [-0.39, 0.29) is 12.0 Å². The molecule has 8 heteroatoms. The summed E-state index contributed by atoms with van der Waals surface area (Å²) >= 11 is 0. The van der Waals surface area contributed by atoms with E-state index in [4.69, 9.17) is 0 Å². The van der Waals surface area contributed by atoms with Crippen molar-refractivity contribution in [2.24, 2.45) is 5.92 Å². The van der Waals surface area contributed by atoms with Gasteiger partial charge in [0.25, 0.3) is 0 Å². The molecule has 2 N–H and O–H groups in total. The van der Waals surface area contributed by atoms with Crippen molar-refractivity contribution in [3.8, 4) is 0 Å². The van der Waals surface area contributed by atoms with Crippen molar-refractivity contribution < 1.29 is 21.6 Å². The Balaban J connectivity index is 2.39. The number of rotatable bonds is 5. The standard InChI is InChI=1S/C10H19F3N2O2S/c1-8-3-5-14-7-9(8)15-18(16,17)6-2-4-10(11,12)13/h8-9,14-15H,2-7H2,1H3. The summed E-state index contributed by atoms with van der Waals surface area (Å²) in [6.45, 7) is 3.30. The van der Waals surface area contributed by atoms with E-state index >= 15 is 0 Å². The van der Waals surface area contributed by atoms with Crippen molar-refractivity contribution >= 4 is 10.0 Å². The summed E-state index contributed by atoms with van der Waals surface area (Å²) in [4.78, 5) is 0. The van der Waals surface area contributed by atoms with Crippen molar-refractivity contribution in [1.29, 1.82) is 0 Å². The van der Waals surface area contributed by atoms with Crippen LogP contribution in [0.5, 0.6) is 0 Å². The van der Waals surface area contributed by atoms with Gasteiger partial charge >= 0.3 is 6.18 Å². The molecule has 0 aromatic carbocycles. The number of sulfonamides is 1. The minimum Gasteiger partial charge on any atom is -0.315 e. The van der Waals surface area contributed by atoms with Crippen LogP contribution in [-0.2, 0) is 10.0 Å². The number of hydrogen-bond donors (Lipinski definition) is 2. The van der Waals surface area contributed by atoms with Crippen molar-refractivity contribution in [3.05, 3.63) is 0 Å². The zero-order valence-corrected chi connectivity index (χ0v) is 11.1. The summed E-state index contributed by atoms with van der Waals surface area (Å²) in [5.74, 6) is -0.279. The molecule has 1 aliphatic rings. The molecule has 1 aliphatic heterocycles. The first-order valence-corrected chi connectivity index (χ1v) is 7.62. The van der Waals surface area contributed by atoms with Gasteiger partial charge in [0.15, 0.2) is 0 Å². The minimum atomic E-state index is -4.30. The maximum Gasteiger partial charge on any atom is 0.389 e. The summed E-state index contributed by atoms with van der Waals surface area (Å²) in [5, 5.41) is 3.06. The number of halogens is 3. The van der Waals surface area contributed by atoms with Gasteiger partial charge in [-0.1, -0.05) is 6.92 Å². The molecule has 0 amide bonds. The van der Waals surface area contributed by atoms with Crippen LogP contribution in [-0.4, -0.2) is 39.5 Å². The lowest BCUT2D eigenvalue weighted by molar-refractivity contribution is -0.134. The fourth-order valence-electron chi connectivity index (χ4n) is 1.90. The Kier molecular flexibility index (Phi) is 5.42. The summed E-state index contributed by atoms with van der Waals surface area (Å²) in [6, 6.07) is -0.227. The zero-order chi connectivity index (χ0) is 13.8. The van der Waals surface area contributed by atoms with Gasteiger partial charge in [0.1, 0.15) is 0 Å². The van der Waals surface area contributed by atoms with Crippen LogP contribution < -0.4 is 10.0 Å². The van der Waals surface area contributed by atoms with Gasteiger partial charge in [0, 0.05) is 19.0 Å². The third kappa shape index (κ3) is 6.01. The molecule has 0 aliphatic carbocycles. The molecule has 0 saturated carbocycles. The molecular weight excluding hydrogens is 269 g/mol. The Bertz CT molecular complexity index is 357. The maximum atomic E-state index is 11.9. The average molecular weight is 288 g/mol. The van der Waals surface area contributed by atoms with E-state index in [0.717, 1.165) is 13.0 Å². The molecule has 18 heavy (non-hydrogen) atoms. The lowest BCUT2D eigenvalue weighted by Crippen LogP contribution is -2.50. The fourth-order valence-corrected chi connectivity index (χ4v) is 3.32. The molecule has 4 nitrogen and oxygen atoms in total. The first-order chi connectivity index (χ1) is 8.20. The second-order valence-corrected chi connectivity index (χ2v) is 6.61. The lowest BCUT2D eigenvalue weighted by Gasteiger charge is -2.30. The highest BCUT2D eigenvalue weighted by molar-refractivity contribution is 7.89. The summed E-state index contributed by atoms with van der Waals surface area (Å²) in [6.07, 6.45) is -4.90. The Morgan fingerprint density at radius 1 is 1.39 bits per heavy atom. The van der Waals surface area contributed by atoms with Gasteiger partial charge in [0.05, 0.1) is 5.75 Å². The normalized spacial score (nSPS) is 26.2. The van der Waals surface area contributed by atoms with Crippen LogP contribution in [0.1, 0.15) is 26.2 Å². The van der Waals surface area contributed by atoms with E-state index < -0.39 is 34.8 Å². The summed E-state index contributed by atoms with van der Waals surface area (Å²) in [7, 11) is -3.63. The van der Waals surface area contributed by atoms with Crippen molar-refractivity contribution in [2.75, 3.05) is 18.8 Å². The van der Waals surface area contributed by atoms with Gasteiger partial charge in [-0.2, -0.15) is 13.2 Å². The number of piperidine rings is 1. The Hall–Kier alpha value is -0.340. The van der Waals surface area contributed by atoms with E-state index in [1.807, 2.05) is 6.92 Å². The molecule has 0 bridgehead atoms. The number of hydrogen-bond acceptors (Lipinski definition) is 3. The molecule has 1 fully saturated rings. The van der Waals surface area contributed by atoms with E-state index in [1.54, 1.807) is 0 Å². The highest BCUT2D eigenvalue weighted by Crippen LogP contribution is 2.21. The Labute approximate surface area is 105 Å². The first kappa shape index (κ1) is 15.7. The largest absolute Gasteiger partial charge is 0.389 e. The smallest absolute Gasteiger partial charge is 0.315 e.